The highest BCUT2D eigenvalue weighted by molar-refractivity contribution is 4.78. The topological polar surface area (TPSA) is 15.3 Å². The van der Waals surface area contributed by atoms with Crippen LogP contribution >= 0.6 is 0 Å². The summed E-state index contributed by atoms with van der Waals surface area (Å²) in [6.07, 6.45) is 7.07. The van der Waals surface area contributed by atoms with Crippen LogP contribution in [0.1, 0.15) is 39.0 Å². The van der Waals surface area contributed by atoms with Crippen molar-refractivity contribution in [3.8, 4) is 0 Å². The average molecular weight is 196 g/mol. The quantitative estimate of drug-likeness (QED) is 0.738. The van der Waals surface area contributed by atoms with Gasteiger partial charge in [-0.05, 0) is 51.1 Å². The third-order valence-corrected chi connectivity index (χ3v) is 3.75. The normalized spacial score (nSPS) is 34.1. The van der Waals surface area contributed by atoms with Gasteiger partial charge in [-0.1, -0.05) is 6.92 Å². The molecule has 0 spiro atoms. The number of rotatable bonds is 4. The predicted octanol–water partition coefficient (Wildman–Crippen LogP) is 1.86. The lowest BCUT2D eigenvalue weighted by Crippen LogP contribution is -2.34. The highest BCUT2D eigenvalue weighted by atomic mass is 15.2. The molecule has 0 bridgehead atoms. The summed E-state index contributed by atoms with van der Waals surface area (Å²) in [5, 5.41) is 3.70. The second kappa shape index (κ2) is 5.13. The lowest BCUT2D eigenvalue weighted by Gasteiger charge is -2.17. The Kier molecular flexibility index (Phi) is 3.82. The molecule has 0 aromatic rings. The molecule has 14 heavy (non-hydrogen) atoms. The van der Waals surface area contributed by atoms with Crippen molar-refractivity contribution in [1.82, 2.24) is 10.2 Å². The van der Waals surface area contributed by atoms with Crippen molar-refractivity contribution < 1.29 is 0 Å². The zero-order valence-corrected chi connectivity index (χ0v) is 9.47. The van der Waals surface area contributed by atoms with Crippen molar-refractivity contribution in [1.29, 1.82) is 0 Å². The zero-order valence-electron chi connectivity index (χ0n) is 9.47. The molecule has 2 rings (SSSR count). The van der Waals surface area contributed by atoms with E-state index in [2.05, 4.69) is 17.1 Å². The van der Waals surface area contributed by atoms with E-state index in [4.69, 9.17) is 0 Å². The van der Waals surface area contributed by atoms with Gasteiger partial charge in [0.05, 0.1) is 0 Å². The number of nitrogens with zero attached hydrogens (tertiary/aromatic N) is 1. The van der Waals surface area contributed by atoms with Crippen molar-refractivity contribution in [3.63, 3.8) is 0 Å². The van der Waals surface area contributed by atoms with Gasteiger partial charge in [0.25, 0.3) is 0 Å². The molecule has 2 heteroatoms. The Morgan fingerprint density at radius 1 is 1.21 bits per heavy atom. The Labute approximate surface area is 88.1 Å². The van der Waals surface area contributed by atoms with Gasteiger partial charge in [-0.3, -0.25) is 0 Å². The summed E-state index contributed by atoms with van der Waals surface area (Å²) in [5.74, 6) is 0.958. The van der Waals surface area contributed by atoms with Crippen molar-refractivity contribution >= 4 is 0 Å². The van der Waals surface area contributed by atoms with Crippen LogP contribution in [0, 0.1) is 5.92 Å². The molecule has 0 aromatic carbocycles. The van der Waals surface area contributed by atoms with Gasteiger partial charge in [-0.2, -0.15) is 0 Å². The van der Waals surface area contributed by atoms with Crippen LogP contribution in [0.5, 0.6) is 0 Å². The maximum atomic E-state index is 3.70. The largest absolute Gasteiger partial charge is 0.313 e. The summed E-state index contributed by atoms with van der Waals surface area (Å²) in [4.78, 5) is 2.59. The van der Waals surface area contributed by atoms with E-state index in [9.17, 15) is 0 Å². The Balaban J connectivity index is 1.54. The smallest absolute Gasteiger partial charge is 0.0107 e. The zero-order chi connectivity index (χ0) is 9.80. The van der Waals surface area contributed by atoms with Crippen LogP contribution in [-0.2, 0) is 0 Å². The van der Waals surface area contributed by atoms with Gasteiger partial charge in [0.2, 0.25) is 0 Å². The first-order valence-electron chi connectivity index (χ1n) is 6.30. The van der Waals surface area contributed by atoms with E-state index in [0.29, 0.717) is 0 Å². The van der Waals surface area contributed by atoms with Crippen LogP contribution in [0.4, 0.5) is 0 Å². The molecule has 0 radical (unpaired) electrons. The van der Waals surface area contributed by atoms with E-state index >= 15 is 0 Å². The maximum absolute atomic E-state index is 3.70. The first kappa shape index (κ1) is 10.4. The third-order valence-electron chi connectivity index (χ3n) is 3.75. The Morgan fingerprint density at radius 3 is 2.64 bits per heavy atom. The average Bonchev–Trinajstić information content (AvgIpc) is 2.77. The highest BCUT2D eigenvalue weighted by Crippen LogP contribution is 2.24. The minimum Gasteiger partial charge on any atom is -0.313 e. The molecule has 2 unspecified atom stereocenters. The molecule has 2 atom stereocenters. The number of hydrogen-bond acceptors (Lipinski definition) is 2. The van der Waals surface area contributed by atoms with E-state index in [1.165, 1.54) is 58.3 Å². The maximum Gasteiger partial charge on any atom is 0.0107 e. The van der Waals surface area contributed by atoms with Crippen LogP contribution in [0.3, 0.4) is 0 Å². The first-order chi connectivity index (χ1) is 6.84. The number of nitrogens with one attached hydrogen (secondary N) is 1. The van der Waals surface area contributed by atoms with E-state index in [1.54, 1.807) is 0 Å². The van der Waals surface area contributed by atoms with Crippen molar-refractivity contribution in [3.05, 3.63) is 0 Å². The fourth-order valence-electron chi connectivity index (χ4n) is 2.83. The Hall–Kier alpha value is -0.0800. The molecule has 1 aliphatic heterocycles. The second-order valence-corrected chi connectivity index (χ2v) is 5.12. The predicted molar refractivity (Wildman–Crippen MR) is 60.5 cm³/mol. The minimum atomic E-state index is 0.826. The standard InChI is InChI=1S/C12H24N2/c1-11-4-5-12(10-11)13-6-9-14-7-2-3-8-14/h11-13H,2-10H2,1H3. The molecule has 0 aromatic heterocycles. The second-order valence-electron chi connectivity index (χ2n) is 5.12. The molecule has 2 fully saturated rings. The molecule has 1 heterocycles. The third kappa shape index (κ3) is 2.96. The molecular formula is C12H24N2. The molecule has 1 aliphatic carbocycles. The van der Waals surface area contributed by atoms with Gasteiger partial charge >= 0.3 is 0 Å². The Morgan fingerprint density at radius 2 is 2.00 bits per heavy atom. The summed E-state index contributed by atoms with van der Waals surface area (Å²) in [7, 11) is 0. The molecular weight excluding hydrogens is 172 g/mol. The summed E-state index contributed by atoms with van der Waals surface area (Å²) in [5.41, 5.74) is 0. The van der Waals surface area contributed by atoms with Gasteiger partial charge in [0, 0.05) is 19.1 Å². The van der Waals surface area contributed by atoms with Gasteiger partial charge in [-0.15, -0.1) is 0 Å². The van der Waals surface area contributed by atoms with Crippen LogP contribution in [0.25, 0.3) is 0 Å². The monoisotopic (exact) mass is 196 g/mol. The van der Waals surface area contributed by atoms with E-state index in [-0.39, 0.29) is 0 Å². The molecule has 1 N–H and O–H groups in total. The van der Waals surface area contributed by atoms with Crippen LogP contribution in [0.15, 0.2) is 0 Å². The summed E-state index contributed by atoms with van der Waals surface area (Å²) in [6.45, 7) is 7.52. The van der Waals surface area contributed by atoms with E-state index in [1.807, 2.05) is 0 Å². The highest BCUT2D eigenvalue weighted by Gasteiger charge is 2.20. The fourth-order valence-corrected chi connectivity index (χ4v) is 2.83. The minimum absolute atomic E-state index is 0.826. The lowest BCUT2D eigenvalue weighted by atomic mass is 10.1. The van der Waals surface area contributed by atoms with Gasteiger partial charge in [0.1, 0.15) is 0 Å². The number of likely N-dealkylation sites (tertiary alicyclic amines) is 1. The van der Waals surface area contributed by atoms with E-state index in [0.717, 1.165) is 12.0 Å². The summed E-state index contributed by atoms with van der Waals surface area (Å²) < 4.78 is 0. The van der Waals surface area contributed by atoms with Gasteiger partial charge in [-0.25, -0.2) is 0 Å². The SMILES string of the molecule is CC1CCC(NCCN2CCCC2)C1. The van der Waals surface area contributed by atoms with Gasteiger partial charge < -0.3 is 10.2 Å². The van der Waals surface area contributed by atoms with Crippen molar-refractivity contribution in [2.45, 2.75) is 45.1 Å². The number of hydrogen-bond donors (Lipinski definition) is 1. The first-order valence-corrected chi connectivity index (χ1v) is 6.30. The van der Waals surface area contributed by atoms with Crippen LogP contribution in [0.2, 0.25) is 0 Å². The summed E-state index contributed by atoms with van der Waals surface area (Å²) >= 11 is 0. The fraction of sp³-hybridized carbons (Fsp3) is 1.00. The van der Waals surface area contributed by atoms with Crippen LogP contribution < -0.4 is 5.32 Å². The summed E-state index contributed by atoms with van der Waals surface area (Å²) in [6, 6.07) is 0.826. The van der Waals surface area contributed by atoms with Crippen molar-refractivity contribution in [2.75, 3.05) is 26.2 Å². The molecule has 1 saturated carbocycles. The van der Waals surface area contributed by atoms with Gasteiger partial charge in [0.15, 0.2) is 0 Å². The molecule has 0 amide bonds. The van der Waals surface area contributed by atoms with E-state index < -0.39 is 0 Å². The molecule has 82 valence electrons. The lowest BCUT2D eigenvalue weighted by molar-refractivity contribution is 0.326. The Bertz CT molecular complexity index is 164. The molecule has 2 nitrogen and oxygen atoms in total. The van der Waals surface area contributed by atoms with Crippen LogP contribution in [-0.4, -0.2) is 37.1 Å². The van der Waals surface area contributed by atoms with Crippen molar-refractivity contribution in [2.24, 2.45) is 5.92 Å². The molecule has 1 saturated heterocycles. The molecule has 2 aliphatic rings.